The molecule has 0 aliphatic rings. The van der Waals surface area contributed by atoms with Gasteiger partial charge in [-0.25, -0.2) is 4.98 Å². The smallest absolute Gasteiger partial charge is 0.248 e. The van der Waals surface area contributed by atoms with E-state index in [2.05, 4.69) is 17.2 Å². The van der Waals surface area contributed by atoms with Gasteiger partial charge in [0, 0.05) is 23.0 Å². The first kappa shape index (κ1) is 13.7. The van der Waals surface area contributed by atoms with Gasteiger partial charge in [-0.3, -0.25) is 4.79 Å². The molecule has 4 nitrogen and oxygen atoms in total. The number of thiazole rings is 1. The zero-order valence-electron chi connectivity index (χ0n) is 11.0. The lowest BCUT2D eigenvalue weighted by Crippen LogP contribution is -2.18. The molecular weight excluding hydrogens is 258 g/mol. The maximum Gasteiger partial charge on any atom is 0.248 e. The van der Waals surface area contributed by atoms with Crippen LogP contribution in [0.3, 0.4) is 0 Å². The van der Waals surface area contributed by atoms with Gasteiger partial charge in [0.15, 0.2) is 0 Å². The number of amides is 1. The molecule has 5 heteroatoms. The van der Waals surface area contributed by atoms with Gasteiger partial charge in [-0.2, -0.15) is 0 Å². The lowest BCUT2D eigenvalue weighted by molar-refractivity contribution is 0.1000. The van der Waals surface area contributed by atoms with Gasteiger partial charge >= 0.3 is 0 Å². The van der Waals surface area contributed by atoms with Crippen LogP contribution in [0.5, 0.6) is 0 Å². The molecule has 0 spiro atoms. The quantitative estimate of drug-likeness (QED) is 0.880. The second-order valence-electron chi connectivity index (χ2n) is 4.47. The average Bonchev–Trinajstić information content (AvgIpc) is 2.82. The standard InChI is InChI=1S/C14H17N3OS/c1-9(13-10(2)17-8-19-13)16-7-11-4-3-5-12(6-11)14(15)18/h3-6,8-9,16H,7H2,1-2H3,(H2,15,18). The fourth-order valence-corrected chi connectivity index (χ4v) is 2.76. The molecule has 19 heavy (non-hydrogen) atoms. The van der Waals surface area contributed by atoms with Gasteiger partial charge in [-0.05, 0) is 31.5 Å². The molecule has 0 fully saturated rings. The Morgan fingerprint density at radius 2 is 2.32 bits per heavy atom. The van der Waals surface area contributed by atoms with Gasteiger partial charge in [-0.15, -0.1) is 11.3 Å². The molecule has 2 aromatic rings. The summed E-state index contributed by atoms with van der Waals surface area (Å²) in [6.07, 6.45) is 0. The molecule has 2 rings (SSSR count). The second-order valence-corrected chi connectivity index (χ2v) is 5.36. The molecule has 1 unspecified atom stereocenters. The first-order valence-electron chi connectivity index (χ1n) is 6.10. The maximum atomic E-state index is 11.1. The summed E-state index contributed by atoms with van der Waals surface area (Å²) in [6.45, 7) is 4.82. The third-order valence-corrected chi connectivity index (χ3v) is 4.11. The monoisotopic (exact) mass is 275 g/mol. The number of nitrogens with one attached hydrogen (secondary N) is 1. The summed E-state index contributed by atoms with van der Waals surface area (Å²) in [7, 11) is 0. The first-order valence-corrected chi connectivity index (χ1v) is 6.98. The van der Waals surface area contributed by atoms with Crippen LogP contribution >= 0.6 is 11.3 Å². The highest BCUT2D eigenvalue weighted by atomic mass is 32.1. The van der Waals surface area contributed by atoms with Crippen LogP contribution in [0, 0.1) is 6.92 Å². The largest absolute Gasteiger partial charge is 0.366 e. The van der Waals surface area contributed by atoms with Crippen molar-refractivity contribution in [2.45, 2.75) is 26.4 Å². The SMILES string of the molecule is Cc1ncsc1C(C)NCc1cccc(C(N)=O)c1. The summed E-state index contributed by atoms with van der Waals surface area (Å²) in [5, 5.41) is 3.43. The normalized spacial score (nSPS) is 12.3. The van der Waals surface area contributed by atoms with Gasteiger partial charge in [0.25, 0.3) is 0 Å². The Morgan fingerprint density at radius 1 is 1.53 bits per heavy atom. The Kier molecular flexibility index (Phi) is 4.29. The van der Waals surface area contributed by atoms with Gasteiger partial charge in [0.05, 0.1) is 11.2 Å². The first-order chi connectivity index (χ1) is 9.08. The lowest BCUT2D eigenvalue weighted by Gasteiger charge is -2.13. The second kappa shape index (κ2) is 5.95. The summed E-state index contributed by atoms with van der Waals surface area (Å²) < 4.78 is 0. The van der Waals surface area contributed by atoms with E-state index in [0.717, 1.165) is 11.3 Å². The molecule has 0 aliphatic heterocycles. The van der Waals surface area contributed by atoms with Crippen molar-refractivity contribution in [3.8, 4) is 0 Å². The molecule has 0 bridgehead atoms. The minimum atomic E-state index is -0.395. The van der Waals surface area contributed by atoms with Crippen molar-refractivity contribution in [1.82, 2.24) is 10.3 Å². The minimum Gasteiger partial charge on any atom is -0.366 e. The van der Waals surface area contributed by atoms with E-state index < -0.39 is 5.91 Å². The zero-order chi connectivity index (χ0) is 13.8. The summed E-state index contributed by atoms with van der Waals surface area (Å²) in [5.41, 5.74) is 9.78. The molecule has 1 amide bonds. The Balaban J connectivity index is 2.01. The molecule has 0 aliphatic carbocycles. The summed E-state index contributed by atoms with van der Waals surface area (Å²) in [5.74, 6) is -0.395. The van der Waals surface area contributed by atoms with E-state index in [1.807, 2.05) is 30.6 Å². The fourth-order valence-electron chi connectivity index (χ4n) is 1.92. The van der Waals surface area contributed by atoms with E-state index >= 15 is 0 Å². The molecule has 1 atom stereocenters. The maximum absolute atomic E-state index is 11.1. The molecule has 100 valence electrons. The van der Waals surface area contributed by atoms with E-state index in [0.29, 0.717) is 12.1 Å². The van der Waals surface area contributed by atoms with Crippen molar-refractivity contribution in [1.29, 1.82) is 0 Å². The number of carbonyl (C=O) groups excluding carboxylic acids is 1. The van der Waals surface area contributed by atoms with Crippen molar-refractivity contribution < 1.29 is 4.79 Å². The van der Waals surface area contributed by atoms with Crippen molar-refractivity contribution >= 4 is 17.2 Å². The summed E-state index contributed by atoms with van der Waals surface area (Å²) in [6, 6.07) is 7.61. The third kappa shape index (κ3) is 3.39. The Morgan fingerprint density at radius 3 is 2.95 bits per heavy atom. The number of nitrogens with two attached hydrogens (primary N) is 1. The summed E-state index contributed by atoms with van der Waals surface area (Å²) >= 11 is 1.65. The summed E-state index contributed by atoms with van der Waals surface area (Å²) in [4.78, 5) is 16.6. The molecule has 0 radical (unpaired) electrons. The third-order valence-electron chi connectivity index (χ3n) is 3.00. The number of rotatable bonds is 5. The van der Waals surface area contributed by atoms with Crippen LogP contribution in [0.4, 0.5) is 0 Å². The molecule has 1 aromatic carbocycles. The van der Waals surface area contributed by atoms with Crippen LogP contribution in [0.15, 0.2) is 29.8 Å². The fraction of sp³-hybridized carbons (Fsp3) is 0.286. The molecule has 0 saturated heterocycles. The topological polar surface area (TPSA) is 68.0 Å². The van der Waals surface area contributed by atoms with E-state index in [9.17, 15) is 4.79 Å². The van der Waals surface area contributed by atoms with Crippen molar-refractivity contribution in [2.75, 3.05) is 0 Å². The number of nitrogens with zero attached hydrogens (tertiary/aromatic N) is 1. The number of carbonyl (C=O) groups is 1. The van der Waals surface area contributed by atoms with Gasteiger partial charge < -0.3 is 11.1 Å². The number of benzene rings is 1. The number of hydrogen-bond donors (Lipinski definition) is 2. The average molecular weight is 275 g/mol. The Hall–Kier alpha value is -1.72. The van der Waals surface area contributed by atoms with Crippen LogP contribution in [-0.2, 0) is 6.54 Å². The Bertz CT molecular complexity index is 580. The molecular formula is C14H17N3OS. The van der Waals surface area contributed by atoms with Crippen LogP contribution in [0.25, 0.3) is 0 Å². The van der Waals surface area contributed by atoms with E-state index in [4.69, 9.17) is 5.73 Å². The van der Waals surface area contributed by atoms with Crippen LogP contribution in [-0.4, -0.2) is 10.9 Å². The van der Waals surface area contributed by atoms with Gasteiger partial charge in [0.1, 0.15) is 0 Å². The molecule has 0 saturated carbocycles. The predicted octanol–water partition coefficient (Wildman–Crippen LogP) is 2.40. The Labute approximate surface area is 116 Å². The highest BCUT2D eigenvalue weighted by Gasteiger charge is 2.10. The van der Waals surface area contributed by atoms with E-state index in [1.54, 1.807) is 17.4 Å². The zero-order valence-corrected chi connectivity index (χ0v) is 11.8. The van der Waals surface area contributed by atoms with Crippen molar-refractivity contribution in [3.05, 3.63) is 51.5 Å². The van der Waals surface area contributed by atoms with E-state index in [-0.39, 0.29) is 6.04 Å². The number of hydrogen-bond acceptors (Lipinski definition) is 4. The highest BCUT2D eigenvalue weighted by molar-refractivity contribution is 7.09. The molecule has 1 heterocycles. The number of aromatic nitrogens is 1. The minimum absolute atomic E-state index is 0.240. The van der Waals surface area contributed by atoms with Gasteiger partial charge in [-0.1, -0.05) is 12.1 Å². The number of aryl methyl sites for hydroxylation is 1. The predicted molar refractivity (Wildman–Crippen MR) is 77.1 cm³/mol. The van der Waals surface area contributed by atoms with Crippen LogP contribution < -0.4 is 11.1 Å². The highest BCUT2D eigenvalue weighted by Crippen LogP contribution is 2.21. The van der Waals surface area contributed by atoms with Gasteiger partial charge in [0.2, 0.25) is 5.91 Å². The molecule has 1 aromatic heterocycles. The number of primary amides is 1. The van der Waals surface area contributed by atoms with E-state index in [1.165, 1.54) is 4.88 Å². The van der Waals surface area contributed by atoms with Crippen molar-refractivity contribution in [3.63, 3.8) is 0 Å². The molecule has 3 N–H and O–H groups in total. The van der Waals surface area contributed by atoms with Crippen molar-refractivity contribution in [2.24, 2.45) is 5.73 Å². The van der Waals surface area contributed by atoms with Crippen LogP contribution in [0.1, 0.15) is 39.5 Å². The lowest BCUT2D eigenvalue weighted by atomic mass is 10.1. The van der Waals surface area contributed by atoms with Crippen LogP contribution in [0.2, 0.25) is 0 Å².